The summed E-state index contributed by atoms with van der Waals surface area (Å²) in [7, 11) is 0. The average molecular weight is 412 g/mol. The Morgan fingerprint density at radius 2 is 1.63 bits per heavy atom. The van der Waals surface area contributed by atoms with E-state index in [1.807, 2.05) is 41.3 Å². The summed E-state index contributed by atoms with van der Waals surface area (Å²) >= 11 is 6.59. The van der Waals surface area contributed by atoms with E-state index >= 15 is 0 Å². The molecule has 3 heteroatoms. The van der Waals surface area contributed by atoms with E-state index in [-0.39, 0.29) is 11.8 Å². The number of carbonyl (C=O) groups is 1. The molecule has 4 aromatic carbocycles. The lowest BCUT2D eigenvalue weighted by Gasteiger charge is -2.36. The number of fused-ring (bicyclic) bond motifs is 3. The highest BCUT2D eigenvalue weighted by Gasteiger charge is 2.34. The number of hydrogen-bond acceptors (Lipinski definition) is 1. The molecule has 1 aliphatic heterocycles. The van der Waals surface area contributed by atoms with Gasteiger partial charge in [-0.15, -0.1) is 0 Å². The normalized spacial score (nSPS) is 16.0. The van der Waals surface area contributed by atoms with Gasteiger partial charge in [0.05, 0.1) is 6.54 Å². The maximum Gasteiger partial charge on any atom is 0.228 e. The van der Waals surface area contributed by atoms with Crippen molar-refractivity contribution < 1.29 is 4.79 Å². The van der Waals surface area contributed by atoms with Crippen LogP contribution < -0.4 is 4.90 Å². The fourth-order valence-corrected chi connectivity index (χ4v) is 4.83. The van der Waals surface area contributed by atoms with E-state index in [1.165, 1.54) is 27.5 Å². The van der Waals surface area contributed by atoms with Crippen molar-refractivity contribution in [3.8, 4) is 0 Å². The highest BCUT2D eigenvalue weighted by Crippen LogP contribution is 2.46. The molecule has 0 bridgehead atoms. The van der Waals surface area contributed by atoms with Gasteiger partial charge in [0.2, 0.25) is 5.91 Å². The van der Waals surface area contributed by atoms with Gasteiger partial charge in [0.25, 0.3) is 0 Å². The molecule has 1 aliphatic rings. The first-order chi connectivity index (χ1) is 14.6. The second kappa shape index (κ2) is 7.62. The van der Waals surface area contributed by atoms with Gasteiger partial charge in [0.1, 0.15) is 0 Å². The maximum absolute atomic E-state index is 13.4. The third-order valence-electron chi connectivity index (χ3n) is 6.14. The Hall–Kier alpha value is -3.10. The number of nitrogens with zero attached hydrogens (tertiary/aromatic N) is 1. The molecule has 0 aliphatic carbocycles. The van der Waals surface area contributed by atoms with Gasteiger partial charge in [-0.2, -0.15) is 0 Å². The molecule has 0 aromatic heterocycles. The lowest BCUT2D eigenvalue weighted by Crippen LogP contribution is -2.36. The predicted molar refractivity (Wildman–Crippen MR) is 124 cm³/mol. The summed E-state index contributed by atoms with van der Waals surface area (Å²) < 4.78 is 0. The molecule has 148 valence electrons. The first kappa shape index (κ1) is 18.9. The standard InChI is InChI=1S/C27H22ClNO/c1-18-8-2-3-10-20(18)17-29-25-15-14-19-9-4-5-11-21(19)27(25)23(16-26(29)30)22-12-6-7-13-24(22)28/h2-15,23H,16-17H2,1H3. The second-order valence-electron chi connectivity index (χ2n) is 7.90. The van der Waals surface area contributed by atoms with E-state index < -0.39 is 0 Å². The maximum atomic E-state index is 13.4. The molecule has 0 N–H and O–H groups in total. The zero-order valence-corrected chi connectivity index (χ0v) is 17.6. The third-order valence-corrected chi connectivity index (χ3v) is 6.48. The number of amides is 1. The molecule has 1 heterocycles. The number of carbonyl (C=O) groups excluding carboxylic acids is 1. The smallest absolute Gasteiger partial charge is 0.228 e. The molecule has 30 heavy (non-hydrogen) atoms. The van der Waals surface area contributed by atoms with Crippen LogP contribution in [0.25, 0.3) is 10.8 Å². The van der Waals surface area contributed by atoms with Gasteiger partial charge in [-0.25, -0.2) is 0 Å². The number of hydrogen-bond donors (Lipinski definition) is 0. The number of benzene rings is 4. The second-order valence-corrected chi connectivity index (χ2v) is 8.31. The van der Waals surface area contributed by atoms with Crippen LogP contribution in [-0.2, 0) is 11.3 Å². The predicted octanol–water partition coefficient (Wildman–Crippen LogP) is 6.87. The Morgan fingerprint density at radius 3 is 2.47 bits per heavy atom. The van der Waals surface area contributed by atoms with Crippen LogP contribution >= 0.6 is 11.6 Å². The summed E-state index contributed by atoms with van der Waals surface area (Å²) in [6.45, 7) is 2.67. The van der Waals surface area contributed by atoms with Crippen molar-refractivity contribution in [2.24, 2.45) is 0 Å². The molecule has 0 radical (unpaired) electrons. The number of halogens is 1. The van der Waals surface area contributed by atoms with Gasteiger partial charge in [0.15, 0.2) is 0 Å². The summed E-state index contributed by atoms with van der Waals surface area (Å²) in [5, 5.41) is 3.07. The van der Waals surface area contributed by atoms with Crippen LogP contribution in [0.1, 0.15) is 34.6 Å². The van der Waals surface area contributed by atoms with Crippen LogP contribution in [0.5, 0.6) is 0 Å². The van der Waals surface area contributed by atoms with E-state index in [4.69, 9.17) is 11.6 Å². The van der Waals surface area contributed by atoms with Gasteiger partial charge in [-0.3, -0.25) is 4.79 Å². The van der Waals surface area contributed by atoms with Gasteiger partial charge in [-0.1, -0.05) is 84.4 Å². The van der Waals surface area contributed by atoms with Crippen molar-refractivity contribution in [3.63, 3.8) is 0 Å². The van der Waals surface area contributed by atoms with E-state index in [9.17, 15) is 4.79 Å². The number of anilines is 1. The van der Waals surface area contributed by atoms with E-state index in [1.54, 1.807) is 0 Å². The van der Waals surface area contributed by atoms with E-state index in [0.29, 0.717) is 18.0 Å². The summed E-state index contributed by atoms with van der Waals surface area (Å²) in [6.07, 6.45) is 0.413. The Morgan fingerprint density at radius 1 is 0.900 bits per heavy atom. The Bertz CT molecular complexity index is 1260. The number of rotatable bonds is 3. The molecule has 0 fully saturated rings. The molecular formula is C27H22ClNO. The van der Waals surface area contributed by atoms with Gasteiger partial charge >= 0.3 is 0 Å². The van der Waals surface area contributed by atoms with Crippen molar-refractivity contribution >= 4 is 34.0 Å². The van der Waals surface area contributed by atoms with E-state index in [2.05, 4.69) is 55.5 Å². The van der Waals surface area contributed by atoms with Crippen LogP contribution in [-0.4, -0.2) is 5.91 Å². The lowest BCUT2D eigenvalue weighted by molar-refractivity contribution is -0.119. The van der Waals surface area contributed by atoms with Crippen molar-refractivity contribution in [3.05, 3.63) is 112 Å². The molecule has 2 nitrogen and oxygen atoms in total. The van der Waals surface area contributed by atoms with Crippen molar-refractivity contribution in [1.82, 2.24) is 0 Å². The minimum Gasteiger partial charge on any atom is -0.308 e. The highest BCUT2D eigenvalue weighted by molar-refractivity contribution is 6.31. The SMILES string of the molecule is Cc1ccccc1CN1C(=O)CC(c2ccccc2Cl)c2c1ccc1ccccc21. The number of aryl methyl sites for hydroxylation is 1. The first-order valence-electron chi connectivity index (χ1n) is 10.2. The molecule has 0 saturated carbocycles. The topological polar surface area (TPSA) is 20.3 Å². The zero-order valence-electron chi connectivity index (χ0n) is 16.8. The summed E-state index contributed by atoms with van der Waals surface area (Å²) in [4.78, 5) is 15.3. The lowest BCUT2D eigenvalue weighted by atomic mass is 9.81. The van der Waals surface area contributed by atoms with Crippen molar-refractivity contribution in [1.29, 1.82) is 0 Å². The molecule has 1 amide bonds. The van der Waals surface area contributed by atoms with Crippen LogP contribution in [0, 0.1) is 6.92 Å². The van der Waals surface area contributed by atoms with Crippen LogP contribution in [0.3, 0.4) is 0 Å². The van der Waals surface area contributed by atoms with Crippen LogP contribution in [0.2, 0.25) is 5.02 Å². The Balaban J connectivity index is 1.71. The molecule has 0 saturated heterocycles. The molecule has 0 spiro atoms. The van der Waals surface area contributed by atoms with Gasteiger partial charge in [0, 0.05) is 23.0 Å². The van der Waals surface area contributed by atoms with Crippen molar-refractivity contribution in [2.45, 2.75) is 25.8 Å². The average Bonchev–Trinajstić information content (AvgIpc) is 2.77. The third kappa shape index (κ3) is 3.18. The van der Waals surface area contributed by atoms with Gasteiger partial charge < -0.3 is 4.90 Å². The van der Waals surface area contributed by atoms with Crippen LogP contribution in [0.4, 0.5) is 5.69 Å². The molecule has 5 rings (SSSR count). The largest absolute Gasteiger partial charge is 0.308 e. The minimum absolute atomic E-state index is 0.0552. The van der Waals surface area contributed by atoms with Gasteiger partial charge in [-0.05, 0) is 52.1 Å². The molecular weight excluding hydrogens is 390 g/mol. The highest BCUT2D eigenvalue weighted by atomic mass is 35.5. The monoisotopic (exact) mass is 411 g/mol. The fourth-order valence-electron chi connectivity index (χ4n) is 4.56. The van der Waals surface area contributed by atoms with Crippen LogP contribution in [0.15, 0.2) is 84.9 Å². The summed E-state index contributed by atoms with van der Waals surface area (Å²) in [5.41, 5.74) is 5.55. The summed E-state index contributed by atoms with van der Waals surface area (Å²) in [6, 6.07) is 28.7. The minimum atomic E-state index is -0.0552. The summed E-state index contributed by atoms with van der Waals surface area (Å²) in [5.74, 6) is 0.0753. The molecule has 4 aromatic rings. The van der Waals surface area contributed by atoms with Crippen molar-refractivity contribution in [2.75, 3.05) is 4.90 Å². The first-order valence-corrected chi connectivity index (χ1v) is 10.6. The Kier molecular flexibility index (Phi) is 4.80. The fraction of sp³-hybridized carbons (Fsp3) is 0.148. The molecule has 1 unspecified atom stereocenters. The van der Waals surface area contributed by atoms with E-state index in [0.717, 1.165) is 11.3 Å². The zero-order chi connectivity index (χ0) is 20.7. The quantitative estimate of drug-likeness (QED) is 0.360. The Labute approximate surface area is 181 Å². The molecule has 1 atom stereocenters.